The minimum Gasteiger partial charge on any atom is -0.453 e. The van der Waals surface area contributed by atoms with Gasteiger partial charge in [0.15, 0.2) is 0 Å². The molecule has 3 N–H and O–H groups in total. The molecule has 2 rings (SSSR count). The molecule has 1 fully saturated rings. The van der Waals surface area contributed by atoms with Gasteiger partial charge in [-0.3, -0.25) is 4.90 Å². The fourth-order valence-corrected chi connectivity index (χ4v) is 3.04. The zero-order valence-electron chi connectivity index (χ0n) is 11.5. The second kappa shape index (κ2) is 7.06. The molecule has 2 unspecified atom stereocenters. The normalized spacial score (nSPS) is 20.6. The average molecular weight is 342 g/mol. The van der Waals surface area contributed by atoms with Crippen molar-refractivity contribution in [2.75, 3.05) is 26.7 Å². The summed E-state index contributed by atoms with van der Waals surface area (Å²) in [6.07, 6.45) is 0.545. The number of likely N-dealkylation sites (tertiary alicyclic amines) is 1. The number of nitrogens with zero attached hydrogens (tertiary/aromatic N) is 1. The number of rotatable bonds is 4. The summed E-state index contributed by atoms with van der Waals surface area (Å²) in [4.78, 5) is 13.6. The van der Waals surface area contributed by atoms with Crippen molar-refractivity contribution < 1.29 is 9.53 Å². The third-order valence-electron chi connectivity index (χ3n) is 3.62. The Morgan fingerprint density at radius 3 is 3.10 bits per heavy atom. The van der Waals surface area contributed by atoms with Crippen molar-refractivity contribution in [2.24, 2.45) is 5.73 Å². The van der Waals surface area contributed by atoms with Gasteiger partial charge in [0.25, 0.3) is 0 Å². The van der Waals surface area contributed by atoms with Crippen molar-refractivity contribution in [3.8, 4) is 0 Å². The van der Waals surface area contributed by atoms with Gasteiger partial charge in [0, 0.05) is 36.2 Å². The van der Waals surface area contributed by atoms with Crippen LogP contribution in [0.2, 0.25) is 0 Å². The number of alkyl carbamates (subject to hydrolysis) is 1. The van der Waals surface area contributed by atoms with E-state index in [1.807, 2.05) is 12.1 Å². The van der Waals surface area contributed by atoms with E-state index in [1.165, 1.54) is 12.7 Å². The van der Waals surface area contributed by atoms with E-state index in [-0.39, 0.29) is 18.2 Å². The van der Waals surface area contributed by atoms with Gasteiger partial charge in [-0.15, -0.1) is 0 Å². The standard InChI is InChI=1S/C14H20BrN3O2/c1-20-14(19)17-12-5-6-18(9-12)13(8-16)10-3-2-4-11(15)7-10/h2-4,7,12-13H,5-6,8-9,16H2,1H3,(H,17,19). The molecule has 1 saturated heterocycles. The molecule has 0 aliphatic carbocycles. The second-order valence-electron chi connectivity index (χ2n) is 4.92. The number of ether oxygens (including phenoxy) is 1. The van der Waals surface area contributed by atoms with E-state index in [2.05, 4.69) is 43.0 Å². The Labute approximate surface area is 127 Å². The van der Waals surface area contributed by atoms with Crippen LogP contribution in [0, 0.1) is 0 Å². The zero-order chi connectivity index (χ0) is 14.5. The average Bonchev–Trinajstić information content (AvgIpc) is 2.88. The fourth-order valence-electron chi connectivity index (χ4n) is 2.62. The van der Waals surface area contributed by atoms with Crippen LogP contribution in [0.15, 0.2) is 28.7 Å². The molecule has 0 bridgehead atoms. The molecule has 1 heterocycles. The summed E-state index contributed by atoms with van der Waals surface area (Å²) >= 11 is 3.49. The van der Waals surface area contributed by atoms with Crippen molar-refractivity contribution in [2.45, 2.75) is 18.5 Å². The maximum atomic E-state index is 11.2. The lowest BCUT2D eigenvalue weighted by Crippen LogP contribution is -2.39. The van der Waals surface area contributed by atoms with Crippen molar-refractivity contribution >= 4 is 22.0 Å². The summed E-state index contributed by atoms with van der Waals surface area (Å²) in [5.74, 6) is 0. The van der Waals surface area contributed by atoms with Gasteiger partial charge in [0.2, 0.25) is 0 Å². The summed E-state index contributed by atoms with van der Waals surface area (Å²) in [6.45, 7) is 2.27. The number of halogens is 1. The quantitative estimate of drug-likeness (QED) is 0.877. The van der Waals surface area contributed by atoms with Crippen molar-refractivity contribution in [1.29, 1.82) is 0 Å². The summed E-state index contributed by atoms with van der Waals surface area (Å²) in [5.41, 5.74) is 7.13. The molecule has 0 radical (unpaired) electrons. The molecule has 20 heavy (non-hydrogen) atoms. The Morgan fingerprint density at radius 2 is 2.45 bits per heavy atom. The van der Waals surface area contributed by atoms with Crippen LogP contribution in [0.1, 0.15) is 18.0 Å². The highest BCUT2D eigenvalue weighted by Gasteiger charge is 2.29. The van der Waals surface area contributed by atoms with Crippen molar-refractivity contribution in [3.63, 3.8) is 0 Å². The van der Waals surface area contributed by atoms with E-state index >= 15 is 0 Å². The predicted octanol–water partition coefficient (Wildman–Crippen LogP) is 1.88. The van der Waals surface area contributed by atoms with Crippen molar-refractivity contribution in [3.05, 3.63) is 34.3 Å². The predicted molar refractivity (Wildman–Crippen MR) is 81.5 cm³/mol. The van der Waals surface area contributed by atoms with Crippen LogP contribution in [0.25, 0.3) is 0 Å². The number of benzene rings is 1. The van der Waals surface area contributed by atoms with E-state index in [4.69, 9.17) is 5.73 Å². The molecular formula is C14H20BrN3O2. The highest BCUT2D eigenvalue weighted by atomic mass is 79.9. The summed E-state index contributed by atoms with van der Waals surface area (Å²) in [6, 6.07) is 8.51. The van der Waals surface area contributed by atoms with Gasteiger partial charge in [0.05, 0.1) is 7.11 Å². The first-order valence-electron chi connectivity index (χ1n) is 6.68. The first-order valence-corrected chi connectivity index (χ1v) is 7.47. The molecule has 1 aliphatic heterocycles. The zero-order valence-corrected chi connectivity index (χ0v) is 13.1. The van der Waals surface area contributed by atoms with Crippen LogP contribution in [0.5, 0.6) is 0 Å². The van der Waals surface area contributed by atoms with Gasteiger partial charge in [-0.05, 0) is 24.1 Å². The van der Waals surface area contributed by atoms with Crippen LogP contribution >= 0.6 is 15.9 Å². The molecule has 1 aromatic rings. The molecule has 6 heteroatoms. The number of nitrogens with two attached hydrogens (primary N) is 1. The van der Waals surface area contributed by atoms with Crippen LogP contribution in [0.3, 0.4) is 0 Å². The van der Waals surface area contributed by atoms with E-state index < -0.39 is 0 Å². The Bertz CT molecular complexity index is 469. The van der Waals surface area contributed by atoms with Gasteiger partial charge in [-0.1, -0.05) is 28.1 Å². The number of methoxy groups -OCH3 is 1. The van der Waals surface area contributed by atoms with Gasteiger partial charge in [0.1, 0.15) is 0 Å². The van der Waals surface area contributed by atoms with Crippen LogP contribution in [0.4, 0.5) is 4.79 Å². The lowest BCUT2D eigenvalue weighted by molar-refractivity contribution is 0.165. The molecule has 1 amide bonds. The third kappa shape index (κ3) is 3.71. The van der Waals surface area contributed by atoms with Crippen molar-refractivity contribution in [1.82, 2.24) is 10.2 Å². The smallest absolute Gasteiger partial charge is 0.407 e. The molecule has 1 aliphatic rings. The van der Waals surface area contributed by atoms with Crippen LogP contribution in [-0.2, 0) is 4.74 Å². The second-order valence-corrected chi connectivity index (χ2v) is 5.84. The summed E-state index contributed by atoms with van der Waals surface area (Å²) in [7, 11) is 1.38. The Hall–Kier alpha value is -1.11. The number of carbonyl (C=O) groups excluding carboxylic acids is 1. The summed E-state index contributed by atoms with van der Waals surface area (Å²) < 4.78 is 5.69. The maximum absolute atomic E-state index is 11.2. The number of hydrogen-bond acceptors (Lipinski definition) is 4. The van der Waals surface area contributed by atoms with E-state index in [9.17, 15) is 4.79 Å². The maximum Gasteiger partial charge on any atom is 0.407 e. The molecule has 5 nitrogen and oxygen atoms in total. The minimum absolute atomic E-state index is 0.128. The van der Waals surface area contributed by atoms with E-state index in [1.54, 1.807) is 0 Å². The minimum atomic E-state index is -0.372. The Morgan fingerprint density at radius 1 is 1.65 bits per heavy atom. The first-order chi connectivity index (χ1) is 9.63. The first kappa shape index (κ1) is 15.3. The molecular weight excluding hydrogens is 322 g/mol. The number of amides is 1. The van der Waals surface area contributed by atoms with Gasteiger partial charge in [-0.25, -0.2) is 4.79 Å². The number of nitrogens with one attached hydrogen (secondary N) is 1. The highest BCUT2D eigenvalue weighted by Crippen LogP contribution is 2.26. The van der Waals surface area contributed by atoms with E-state index in [0.717, 1.165) is 24.0 Å². The van der Waals surface area contributed by atoms with E-state index in [0.29, 0.717) is 6.54 Å². The fraction of sp³-hybridized carbons (Fsp3) is 0.500. The molecule has 0 saturated carbocycles. The monoisotopic (exact) mass is 341 g/mol. The molecule has 110 valence electrons. The topological polar surface area (TPSA) is 67.6 Å². The van der Waals surface area contributed by atoms with Gasteiger partial charge >= 0.3 is 6.09 Å². The Balaban J connectivity index is 2.01. The third-order valence-corrected chi connectivity index (χ3v) is 4.12. The lowest BCUT2D eigenvalue weighted by Gasteiger charge is -2.27. The molecule has 1 aromatic carbocycles. The largest absolute Gasteiger partial charge is 0.453 e. The SMILES string of the molecule is COC(=O)NC1CCN(C(CN)c2cccc(Br)c2)C1. The molecule has 0 spiro atoms. The van der Waals surface area contributed by atoms with Gasteiger partial charge in [-0.2, -0.15) is 0 Å². The molecule has 0 aromatic heterocycles. The van der Waals surface area contributed by atoms with Crippen LogP contribution < -0.4 is 11.1 Å². The lowest BCUT2D eigenvalue weighted by atomic mass is 10.1. The van der Waals surface area contributed by atoms with Gasteiger partial charge < -0.3 is 15.8 Å². The number of hydrogen-bond donors (Lipinski definition) is 2. The summed E-state index contributed by atoms with van der Waals surface area (Å²) in [5, 5.41) is 2.85. The number of carbonyl (C=O) groups is 1. The molecule has 2 atom stereocenters. The highest BCUT2D eigenvalue weighted by molar-refractivity contribution is 9.10. The van der Waals surface area contributed by atoms with Crippen LogP contribution in [-0.4, -0.2) is 43.8 Å². The Kier molecular flexibility index (Phi) is 5.39.